The standard InChI is InChI=1S/C21H26ClN3O2.2ClH/c1-21(2,11-6-8-16-7-3-4-12-24-16)25-14-17(26)15-27-20-10-5-9-19(22)18(20)13-23;;/h3-5,7,9-10,12,17,25-26H,6,8,11,14-15H2,1-2H3;2*1H/t17-;;/m1../s1. The Bertz CT molecular complexity index is 768. The lowest BCUT2D eigenvalue weighted by molar-refractivity contribution is 0.0978. The molecule has 1 heterocycles. The maximum atomic E-state index is 10.2. The molecule has 1 atom stereocenters. The molecule has 0 aliphatic rings. The SMILES string of the molecule is CC(C)(CCCc1ccccn1)NC[C@@H](O)COc1cccc(Cl)c1C#N.Cl.Cl. The van der Waals surface area contributed by atoms with Crippen molar-refractivity contribution in [1.82, 2.24) is 10.3 Å². The van der Waals surface area contributed by atoms with Gasteiger partial charge in [-0.05, 0) is 57.4 Å². The van der Waals surface area contributed by atoms with Gasteiger partial charge in [-0.1, -0.05) is 23.7 Å². The monoisotopic (exact) mass is 459 g/mol. The summed E-state index contributed by atoms with van der Waals surface area (Å²) < 4.78 is 5.57. The first-order valence-corrected chi connectivity index (χ1v) is 9.43. The van der Waals surface area contributed by atoms with E-state index in [1.165, 1.54) is 0 Å². The molecule has 1 aromatic heterocycles. The highest BCUT2D eigenvalue weighted by molar-refractivity contribution is 6.31. The number of rotatable bonds is 10. The zero-order valence-corrected chi connectivity index (χ0v) is 19.0. The summed E-state index contributed by atoms with van der Waals surface area (Å²) in [6, 6.07) is 13.0. The lowest BCUT2D eigenvalue weighted by atomic mass is 9.96. The first-order chi connectivity index (χ1) is 12.9. The fourth-order valence-electron chi connectivity index (χ4n) is 2.72. The number of aliphatic hydroxyl groups is 1. The summed E-state index contributed by atoms with van der Waals surface area (Å²) in [5.41, 5.74) is 1.27. The second-order valence-electron chi connectivity index (χ2n) is 7.13. The van der Waals surface area contributed by atoms with Crippen LogP contribution in [0.4, 0.5) is 0 Å². The van der Waals surface area contributed by atoms with E-state index in [9.17, 15) is 5.11 Å². The summed E-state index contributed by atoms with van der Waals surface area (Å²) in [6.07, 6.45) is 4.03. The molecule has 160 valence electrons. The van der Waals surface area contributed by atoms with Gasteiger partial charge in [-0.2, -0.15) is 5.26 Å². The summed E-state index contributed by atoms with van der Waals surface area (Å²) in [4.78, 5) is 4.34. The van der Waals surface area contributed by atoms with Crippen LogP contribution in [0.5, 0.6) is 5.75 Å². The van der Waals surface area contributed by atoms with Crippen LogP contribution in [0, 0.1) is 11.3 Å². The highest BCUT2D eigenvalue weighted by atomic mass is 35.5. The number of ether oxygens (including phenoxy) is 1. The van der Waals surface area contributed by atoms with Gasteiger partial charge in [0.15, 0.2) is 0 Å². The normalized spacial score (nSPS) is 11.6. The number of aryl methyl sites for hydroxylation is 1. The van der Waals surface area contributed by atoms with Crippen molar-refractivity contribution in [3.63, 3.8) is 0 Å². The van der Waals surface area contributed by atoms with Gasteiger partial charge < -0.3 is 15.2 Å². The molecule has 29 heavy (non-hydrogen) atoms. The van der Waals surface area contributed by atoms with E-state index in [1.807, 2.05) is 30.5 Å². The molecule has 0 unspecified atom stereocenters. The second kappa shape index (κ2) is 13.6. The van der Waals surface area contributed by atoms with E-state index in [0.29, 0.717) is 17.3 Å². The first kappa shape index (κ1) is 27.5. The third-order valence-electron chi connectivity index (χ3n) is 4.30. The molecule has 2 N–H and O–H groups in total. The van der Waals surface area contributed by atoms with Crippen LogP contribution in [0.2, 0.25) is 5.02 Å². The number of nitrogens with one attached hydrogen (secondary N) is 1. The predicted molar refractivity (Wildman–Crippen MR) is 121 cm³/mol. The Hall–Kier alpha value is -1.55. The quantitative estimate of drug-likeness (QED) is 0.542. The maximum Gasteiger partial charge on any atom is 0.138 e. The van der Waals surface area contributed by atoms with Crippen molar-refractivity contribution < 1.29 is 9.84 Å². The lowest BCUT2D eigenvalue weighted by Crippen LogP contribution is -2.44. The topological polar surface area (TPSA) is 78.2 Å². The third-order valence-corrected chi connectivity index (χ3v) is 4.61. The summed E-state index contributed by atoms with van der Waals surface area (Å²) in [5, 5.41) is 23.1. The summed E-state index contributed by atoms with van der Waals surface area (Å²) >= 11 is 5.98. The van der Waals surface area contributed by atoms with Gasteiger partial charge in [-0.15, -0.1) is 24.8 Å². The van der Waals surface area contributed by atoms with Crippen molar-refractivity contribution in [1.29, 1.82) is 5.26 Å². The zero-order valence-electron chi connectivity index (χ0n) is 16.6. The van der Waals surface area contributed by atoms with E-state index in [2.05, 4.69) is 24.1 Å². The fraction of sp³-hybridized carbons (Fsp3) is 0.429. The van der Waals surface area contributed by atoms with E-state index >= 15 is 0 Å². The number of nitrogens with zero attached hydrogens (tertiary/aromatic N) is 2. The molecule has 5 nitrogen and oxygen atoms in total. The average Bonchev–Trinajstić information content (AvgIpc) is 2.65. The molecular weight excluding hydrogens is 433 g/mol. The average molecular weight is 461 g/mol. The van der Waals surface area contributed by atoms with Crippen LogP contribution < -0.4 is 10.1 Å². The van der Waals surface area contributed by atoms with Gasteiger partial charge in [-0.3, -0.25) is 4.98 Å². The third kappa shape index (κ3) is 9.66. The highest BCUT2D eigenvalue weighted by Gasteiger charge is 2.19. The highest BCUT2D eigenvalue weighted by Crippen LogP contribution is 2.25. The van der Waals surface area contributed by atoms with Gasteiger partial charge in [0.05, 0.1) is 5.02 Å². The van der Waals surface area contributed by atoms with Crippen molar-refractivity contribution in [2.45, 2.75) is 44.8 Å². The minimum absolute atomic E-state index is 0. The minimum Gasteiger partial charge on any atom is -0.489 e. The fourth-order valence-corrected chi connectivity index (χ4v) is 2.93. The molecular formula is C21H28Cl3N3O2. The van der Waals surface area contributed by atoms with Crippen molar-refractivity contribution in [2.75, 3.05) is 13.2 Å². The second-order valence-corrected chi connectivity index (χ2v) is 7.54. The smallest absolute Gasteiger partial charge is 0.138 e. The van der Waals surface area contributed by atoms with Crippen LogP contribution in [0.15, 0.2) is 42.6 Å². The van der Waals surface area contributed by atoms with Crippen molar-refractivity contribution in [3.05, 3.63) is 58.9 Å². The Morgan fingerprint density at radius 1 is 1.24 bits per heavy atom. The number of hydrogen-bond acceptors (Lipinski definition) is 5. The number of benzene rings is 1. The molecule has 0 amide bonds. The van der Waals surface area contributed by atoms with E-state index < -0.39 is 6.10 Å². The molecule has 8 heteroatoms. The summed E-state index contributed by atoms with van der Waals surface area (Å²) in [7, 11) is 0. The zero-order chi connectivity index (χ0) is 19.7. The Kier molecular flexibility index (Phi) is 12.9. The van der Waals surface area contributed by atoms with Gasteiger partial charge in [-0.25, -0.2) is 0 Å². The number of halogens is 3. The number of pyridine rings is 1. The molecule has 2 rings (SSSR count). The van der Waals surface area contributed by atoms with Crippen LogP contribution in [0.1, 0.15) is 37.9 Å². The Balaban J connectivity index is 0.00000392. The van der Waals surface area contributed by atoms with E-state index in [0.717, 1.165) is 25.0 Å². The van der Waals surface area contributed by atoms with Gasteiger partial charge in [0.1, 0.15) is 30.1 Å². The minimum atomic E-state index is -0.689. The molecule has 2 aromatic rings. The maximum absolute atomic E-state index is 10.2. The molecule has 0 saturated carbocycles. The first-order valence-electron chi connectivity index (χ1n) is 9.06. The predicted octanol–water partition coefficient (Wildman–Crippen LogP) is 4.58. The van der Waals surface area contributed by atoms with Crippen LogP contribution >= 0.6 is 36.4 Å². The Morgan fingerprint density at radius 3 is 2.66 bits per heavy atom. The van der Waals surface area contributed by atoms with Crippen LogP contribution in [0.3, 0.4) is 0 Å². The van der Waals surface area contributed by atoms with Crippen LogP contribution in [-0.4, -0.2) is 34.9 Å². The molecule has 0 fully saturated rings. The van der Waals surface area contributed by atoms with Crippen molar-refractivity contribution in [3.8, 4) is 11.8 Å². The number of β-amino-alcohol motifs (C(OH)–C–C–N with tert-alkyl or cyclic N) is 1. The molecule has 0 radical (unpaired) electrons. The van der Waals surface area contributed by atoms with Gasteiger partial charge in [0.25, 0.3) is 0 Å². The number of aromatic nitrogens is 1. The Labute approximate surface area is 190 Å². The van der Waals surface area contributed by atoms with Crippen molar-refractivity contribution >= 4 is 36.4 Å². The number of hydrogen-bond donors (Lipinski definition) is 2. The summed E-state index contributed by atoms with van der Waals surface area (Å²) in [5.74, 6) is 0.388. The largest absolute Gasteiger partial charge is 0.489 e. The molecule has 1 aromatic carbocycles. The molecule has 0 spiro atoms. The molecule has 0 aliphatic carbocycles. The summed E-state index contributed by atoms with van der Waals surface area (Å²) in [6.45, 7) is 4.72. The number of nitriles is 1. The lowest BCUT2D eigenvalue weighted by Gasteiger charge is -2.28. The number of aliphatic hydroxyl groups excluding tert-OH is 1. The van der Waals surface area contributed by atoms with Crippen LogP contribution in [-0.2, 0) is 6.42 Å². The Morgan fingerprint density at radius 2 is 2.00 bits per heavy atom. The molecule has 0 saturated heterocycles. The van der Waals surface area contributed by atoms with E-state index in [4.69, 9.17) is 21.6 Å². The van der Waals surface area contributed by atoms with Crippen LogP contribution in [0.25, 0.3) is 0 Å². The molecule has 0 bridgehead atoms. The van der Waals surface area contributed by atoms with Crippen molar-refractivity contribution in [2.24, 2.45) is 0 Å². The van der Waals surface area contributed by atoms with Gasteiger partial charge >= 0.3 is 0 Å². The van der Waals surface area contributed by atoms with E-state index in [-0.39, 0.29) is 42.5 Å². The van der Waals surface area contributed by atoms with E-state index in [1.54, 1.807) is 18.2 Å². The molecule has 0 aliphatic heterocycles. The van der Waals surface area contributed by atoms with Gasteiger partial charge in [0.2, 0.25) is 0 Å². The van der Waals surface area contributed by atoms with Gasteiger partial charge in [0, 0.05) is 24.0 Å².